The molecule has 4 aliphatic carbocycles. The Kier molecular flexibility index (Phi) is 15.3. The van der Waals surface area contributed by atoms with Gasteiger partial charge in [-0.3, -0.25) is 14.4 Å². The summed E-state index contributed by atoms with van der Waals surface area (Å²) in [5, 5.41) is 2.67. The Balaban J connectivity index is 1.32. The van der Waals surface area contributed by atoms with Crippen molar-refractivity contribution in [3.05, 3.63) is 0 Å². The van der Waals surface area contributed by atoms with Gasteiger partial charge in [0.15, 0.2) is 18.5 Å². The molecule has 1 saturated heterocycles. The van der Waals surface area contributed by atoms with E-state index in [9.17, 15) is 19.2 Å². The molecule has 5 rings (SSSR count). The lowest BCUT2D eigenvalue weighted by atomic mass is 9.44. The van der Waals surface area contributed by atoms with Crippen LogP contribution in [0.15, 0.2) is 0 Å². The van der Waals surface area contributed by atoms with Crippen LogP contribution in [-0.4, -0.2) is 77.8 Å². The number of hydrogen-bond acceptors (Lipinski definition) is 10. The molecule has 1 unspecified atom stereocenters. The minimum absolute atomic E-state index is 0.190. The maximum absolute atomic E-state index is 13.1. The SMILES string of the molecule is CC(=O)OC[C@H]1O[C@H](O[C@H]2CC[C@@]3(C)C(CC[C@H]4[C@@H]5CC[C@H]([C@H](C)CCCC(C)C)[C@@]5(C)CC[C@@H]43)C2)[C@H](NC(=O)OCC(Cl)(Cl)Cl)[C@@H](OC(C)=O)[C@@H]1OC(C)=O. The van der Waals surface area contributed by atoms with Crippen molar-refractivity contribution < 1.29 is 47.6 Å². The molecule has 5 fully saturated rings. The first-order valence-corrected chi connectivity index (χ1v) is 22.1. The van der Waals surface area contributed by atoms with Gasteiger partial charge < -0.3 is 33.7 Å². The number of rotatable bonds is 13. The molecule has 1 amide bonds. The monoisotopic (exact) mass is 849 g/mol. The van der Waals surface area contributed by atoms with Crippen LogP contribution in [-0.2, 0) is 42.8 Å². The van der Waals surface area contributed by atoms with Crippen molar-refractivity contribution in [2.45, 2.75) is 173 Å². The van der Waals surface area contributed by atoms with Crippen molar-refractivity contribution in [3.8, 4) is 0 Å². The first kappa shape index (κ1) is 45.6. The van der Waals surface area contributed by atoms with Gasteiger partial charge in [0.05, 0.1) is 6.10 Å². The van der Waals surface area contributed by atoms with E-state index in [1.807, 2.05) is 0 Å². The summed E-state index contributed by atoms with van der Waals surface area (Å²) in [6.45, 7) is 15.1. The van der Waals surface area contributed by atoms with E-state index in [1.165, 1.54) is 72.1 Å². The summed E-state index contributed by atoms with van der Waals surface area (Å²) in [4.78, 5) is 49.8. The number of carbonyl (C=O) groups is 4. The molecule has 0 aromatic rings. The number of hydrogen-bond donors (Lipinski definition) is 1. The summed E-state index contributed by atoms with van der Waals surface area (Å²) in [6, 6.07) is -1.21. The summed E-state index contributed by atoms with van der Waals surface area (Å²) in [7, 11) is 0. The molecule has 0 radical (unpaired) electrons. The predicted octanol–water partition coefficient (Wildman–Crippen LogP) is 9.11. The molecule has 14 atom stereocenters. The van der Waals surface area contributed by atoms with Crippen LogP contribution in [0.25, 0.3) is 0 Å². The zero-order chi connectivity index (χ0) is 41.2. The first-order valence-electron chi connectivity index (χ1n) is 21.0. The Morgan fingerprint density at radius 3 is 2.11 bits per heavy atom. The van der Waals surface area contributed by atoms with E-state index in [0.717, 1.165) is 55.3 Å². The van der Waals surface area contributed by atoms with E-state index in [0.29, 0.717) is 17.3 Å². The van der Waals surface area contributed by atoms with Crippen LogP contribution < -0.4 is 5.32 Å². The van der Waals surface area contributed by atoms with E-state index < -0.39 is 65.0 Å². The normalized spacial score (nSPS) is 38.7. The highest BCUT2D eigenvalue weighted by molar-refractivity contribution is 6.67. The van der Waals surface area contributed by atoms with Gasteiger partial charge in [0.25, 0.3) is 0 Å². The third-order valence-corrected chi connectivity index (χ3v) is 14.8. The molecule has 0 aromatic heterocycles. The fourth-order valence-corrected chi connectivity index (χ4v) is 12.2. The summed E-state index contributed by atoms with van der Waals surface area (Å²) in [5.74, 6) is 3.02. The van der Waals surface area contributed by atoms with Crippen LogP contribution in [0.4, 0.5) is 4.79 Å². The van der Waals surface area contributed by atoms with Crippen molar-refractivity contribution in [2.75, 3.05) is 13.2 Å². The van der Waals surface area contributed by atoms with Gasteiger partial charge in [-0.1, -0.05) is 88.7 Å². The average molecular weight is 851 g/mol. The minimum atomic E-state index is -1.88. The van der Waals surface area contributed by atoms with Gasteiger partial charge in [0.2, 0.25) is 3.79 Å². The van der Waals surface area contributed by atoms with Crippen LogP contribution in [0.5, 0.6) is 0 Å². The minimum Gasteiger partial charge on any atom is -0.463 e. The van der Waals surface area contributed by atoms with Gasteiger partial charge in [0, 0.05) is 20.8 Å². The molecule has 5 aliphatic rings. The highest BCUT2D eigenvalue weighted by Gasteiger charge is 2.61. The highest BCUT2D eigenvalue weighted by Crippen LogP contribution is 2.68. The topological polar surface area (TPSA) is 136 Å². The fourth-order valence-electron chi connectivity index (χ4n) is 12.1. The van der Waals surface area contributed by atoms with E-state index in [-0.39, 0.29) is 18.1 Å². The summed E-state index contributed by atoms with van der Waals surface area (Å²) in [6.07, 6.45) is 8.15. The smallest absolute Gasteiger partial charge is 0.407 e. The average Bonchev–Trinajstić information content (AvgIpc) is 3.45. The molecular formula is C42H66Cl3NO10. The van der Waals surface area contributed by atoms with Crippen molar-refractivity contribution >= 4 is 58.8 Å². The first-order chi connectivity index (χ1) is 26.2. The van der Waals surface area contributed by atoms with Crippen LogP contribution in [0, 0.1) is 52.3 Å². The number of amides is 1. The number of carbonyl (C=O) groups excluding carboxylic acids is 4. The molecule has 1 heterocycles. The Morgan fingerprint density at radius 1 is 0.804 bits per heavy atom. The lowest BCUT2D eigenvalue weighted by Crippen LogP contribution is -2.67. The largest absolute Gasteiger partial charge is 0.463 e. The van der Waals surface area contributed by atoms with Gasteiger partial charge in [-0.2, -0.15) is 0 Å². The van der Waals surface area contributed by atoms with Crippen LogP contribution >= 0.6 is 34.8 Å². The molecule has 0 aromatic carbocycles. The Bertz CT molecular complexity index is 1390. The molecule has 4 saturated carbocycles. The van der Waals surface area contributed by atoms with E-state index in [4.69, 9.17) is 63.2 Å². The van der Waals surface area contributed by atoms with Crippen molar-refractivity contribution in [2.24, 2.45) is 52.3 Å². The van der Waals surface area contributed by atoms with E-state index in [2.05, 4.69) is 39.9 Å². The molecule has 1 aliphatic heterocycles. The Labute approximate surface area is 348 Å². The molecule has 1 N–H and O–H groups in total. The Hall–Kier alpha value is -1.53. The van der Waals surface area contributed by atoms with Crippen LogP contribution in [0.3, 0.4) is 0 Å². The number of halogens is 3. The zero-order valence-corrected chi connectivity index (χ0v) is 36.9. The number of nitrogens with one attached hydrogen (secondary N) is 1. The van der Waals surface area contributed by atoms with Crippen molar-refractivity contribution in [3.63, 3.8) is 0 Å². The van der Waals surface area contributed by atoms with Crippen molar-refractivity contribution in [1.29, 1.82) is 0 Å². The third kappa shape index (κ3) is 10.8. The second kappa shape index (κ2) is 18.8. The lowest BCUT2D eigenvalue weighted by molar-refractivity contribution is -0.293. The third-order valence-electron chi connectivity index (χ3n) is 14.5. The molecule has 0 bridgehead atoms. The highest BCUT2D eigenvalue weighted by atomic mass is 35.6. The number of alkyl carbamates (subject to hydrolysis) is 1. The second-order valence-corrected chi connectivity index (χ2v) is 21.1. The molecular weight excluding hydrogens is 785 g/mol. The summed E-state index contributed by atoms with van der Waals surface area (Å²) in [5.41, 5.74) is 0.614. The van der Waals surface area contributed by atoms with Gasteiger partial charge in [-0.25, -0.2) is 4.79 Å². The number of ether oxygens (including phenoxy) is 6. The summed E-state index contributed by atoms with van der Waals surface area (Å²) >= 11 is 17.5. The second-order valence-electron chi connectivity index (χ2n) is 18.6. The molecule has 14 heteroatoms. The van der Waals surface area contributed by atoms with Gasteiger partial charge in [-0.15, -0.1) is 0 Å². The standard InChI is InChI=1S/C42H66Cl3NO10/c1-23(2)10-9-11-24(3)31-14-15-32-30-13-12-28-20-29(16-18-40(28,7)33(30)17-19-41(31,32)8)55-38-35(46-39(50)52-22-42(43,44)45)37(54-27(6)49)36(53-26(5)48)34(56-38)21-51-25(4)47/h23-24,28-38H,9-22H2,1-8H3,(H,46,50)/t24-,28?,29+,30+,31-,32+,33+,34-,35-,36-,37-,38+,40+,41-/m1/s1. The predicted molar refractivity (Wildman–Crippen MR) is 213 cm³/mol. The Morgan fingerprint density at radius 2 is 1.46 bits per heavy atom. The number of esters is 3. The lowest BCUT2D eigenvalue weighted by Gasteiger charge is -2.61. The van der Waals surface area contributed by atoms with E-state index >= 15 is 0 Å². The fraction of sp³-hybridized carbons (Fsp3) is 0.905. The molecule has 320 valence electrons. The number of alkyl halides is 3. The molecule has 0 spiro atoms. The van der Waals surface area contributed by atoms with Gasteiger partial charge >= 0.3 is 24.0 Å². The van der Waals surface area contributed by atoms with Gasteiger partial charge in [0.1, 0.15) is 25.4 Å². The van der Waals surface area contributed by atoms with Crippen LogP contribution in [0.2, 0.25) is 0 Å². The van der Waals surface area contributed by atoms with Crippen LogP contribution in [0.1, 0.15) is 132 Å². The maximum Gasteiger partial charge on any atom is 0.407 e. The quantitative estimate of drug-likeness (QED) is 0.0828. The summed E-state index contributed by atoms with van der Waals surface area (Å²) < 4.78 is 33.0. The number of fused-ring (bicyclic) bond motifs is 5. The molecule has 56 heavy (non-hydrogen) atoms. The van der Waals surface area contributed by atoms with Crippen molar-refractivity contribution in [1.82, 2.24) is 5.32 Å². The zero-order valence-electron chi connectivity index (χ0n) is 34.6. The maximum atomic E-state index is 13.1. The van der Waals surface area contributed by atoms with E-state index in [1.54, 1.807) is 0 Å². The van der Waals surface area contributed by atoms with Gasteiger partial charge in [-0.05, 0) is 110 Å². The molecule has 11 nitrogen and oxygen atoms in total.